The lowest BCUT2D eigenvalue weighted by Crippen LogP contribution is -2.33. The maximum absolute atomic E-state index is 12.9. The van der Waals surface area contributed by atoms with Gasteiger partial charge in [0.15, 0.2) is 0 Å². The average molecular weight is 453 g/mol. The number of benzene rings is 2. The molecule has 33 heavy (non-hydrogen) atoms. The van der Waals surface area contributed by atoms with Crippen molar-refractivity contribution in [1.82, 2.24) is 14.7 Å². The van der Waals surface area contributed by atoms with Crippen molar-refractivity contribution in [2.24, 2.45) is 0 Å². The minimum atomic E-state index is -0.270. The molecular weight excluding hydrogens is 423 g/mol. The largest absolute Gasteiger partial charge is 0.492 e. The van der Waals surface area contributed by atoms with Crippen LogP contribution in [0.2, 0.25) is 0 Å². The summed E-state index contributed by atoms with van der Waals surface area (Å²) in [6, 6.07) is 14.0. The number of carbonyl (C=O) groups excluding carboxylic acids is 2. The zero-order valence-electron chi connectivity index (χ0n) is 19.0. The van der Waals surface area contributed by atoms with E-state index in [1.54, 1.807) is 30.3 Å². The van der Waals surface area contributed by atoms with Crippen LogP contribution < -0.4 is 10.1 Å². The number of likely N-dealkylation sites (N-methyl/N-ethyl adjacent to an activating group) is 1. The van der Waals surface area contributed by atoms with E-state index in [-0.39, 0.29) is 24.2 Å². The Balaban J connectivity index is 1.36. The summed E-state index contributed by atoms with van der Waals surface area (Å²) in [4.78, 5) is 26.2. The van der Waals surface area contributed by atoms with Crippen LogP contribution in [0.1, 0.15) is 24.0 Å². The molecule has 3 aromatic rings. The molecule has 1 aromatic heterocycles. The van der Waals surface area contributed by atoms with Crippen molar-refractivity contribution in [3.63, 3.8) is 0 Å². The second-order valence-electron chi connectivity index (χ2n) is 7.93. The van der Waals surface area contributed by atoms with E-state index in [0.717, 1.165) is 16.9 Å². The Hall–Kier alpha value is -3.68. The highest BCUT2D eigenvalue weighted by atomic mass is 19.1. The Labute approximate surface area is 193 Å². The van der Waals surface area contributed by atoms with Crippen LogP contribution in [-0.2, 0) is 22.6 Å². The lowest BCUT2D eigenvalue weighted by atomic mass is 10.1. The van der Waals surface area contributed by atoms with Crippen molar-refractivity contribution in [3.8, 4) is 5.75 Å². The van der Waals surface area contributed by atoms with Crippen LogP contribution in [0, 0.1) is 12.7 Å². The van der Waals surface area contributed by atoms with Crippen LogP contribution in [0.25, 0.3) is 0 Å². The molecule has 2 aromatic carbocycles. The van der Waals surface area contributed by atoms with Gasteiger partial charge in [0.1, 0.15) is 24.7 Å². The molecule has 0 aliphatic carbocycles. The number of nitrogens with zero attached hydrogens (tertiary/aromatic N) is 3. The number of hydrogen-bond donors (Lipinski definition) is 1. The lowest BCUT2D eigenvalue weighted by molar-refractivity contribution is -0.131. The SMILES string of the molecule is Cc1ccc(OCCN(C)C(=O)Cn2cc(NC(=O)CCCc3ccc(F)cc3)cn2)cc1. The quantitative estimate of drug-likeness (QED) is 0.480. The summed E-state index contributed by atoms with van der Waals surface area (Å²) in [5.41, 5.74) is 2.69. The maximum Gasteiger partial charge on any atom is 0.244 e. The van der Waals surface area contributed by atoms with Gasteiger partial charge in [0.2, 0.25) is 11.8 Å². The topological polar surface area (TPSA) is 76.5 Å². The molecule has 0 radical (unpaired) electrons. The Morgan fingerprint density at radius 1 is 1.12 bits per heavy atom. The zero-order chi connectivity index (χ0) is 23.6. The molecule has 0 atom stereocenters. The van der Waals surface area contributed by atoms with Gasteiger partial charge in [-0.25, -0.2) is 4.39 Å². The second-order valence-corrected chi connectivity index (χ2v) is 7.93. The molecule has 0 aliphatic heterocycles. The van der Waals surface area contributed by atoms with Gasteiger partial charge in [-0.05, 0) is 49.6 Å². The first-order valence-corrected chi connectivity index (χ1v) is 10.9. The third-order valence-electron chi connectivity index (χ3n) is 5.14. The number of hydrogen-bond acceptors (Lipinski definition) is 4. The highest BCUT2D eigenvalue weighted by molar-refractivity contribution is 5.90. The number of rotatable bonds is 11. The van der Waals surface area contributed by atoms with E-state index in [1.165, 1.54) is 23.0 Å². The van der Waals surface area contributed by atoms with Gasteiger partial charge < -0.3 is 15.0 Å². The summed E-state index contributed by atoms with van der Waals surface area (Å²) in [5, 5.41) is 6.94. The van der Waals surface area contributed by atoms with Crippen LogP contribution in [0.3, 0.4) is 0 Å². The highest BCUT2D eigenvalue weighted by Crippen LogP contribution is 2.12. The molecule has 0 saturated heterocycles. The van der Waals surface area contributed by atoms with E-state index in [9.17, 15) is 14.0 Å². The van der Waals surface area contributed by atoms with Crippen LogP contribution in [0.15, 0.2) is 60.9 Å². The lowest BCUT2D eigenvalue weighted by Gasteiger charge is -2.17. The maximum atomic E-state index is 12.9. The first-order valence-electron chi connectivity index (χ1n) is 10.9. The number of ether oxygens (including phenoxy) is 1. The van der Waals surface area contributed by atoms with Gasteiger partial charge in [0.25, 0.3) is 0 Å². The monoisotopic (exact) mass is 452 g/mol. The Bertz CT molecular complexity index is 1050. The molecule has 8 heteroatoms. The normalized spacial score (nSPS) is 10.6. The third kappa shape index (κ3) is 8.07. The molecule has 2 amide bonds. The summed E-state index contributed by atoms with van der Waals surface area (Å²) in [7, 11) is 1.72. The number of nitrogens with one attached hydrogen (secondary N) is 1. The van der Waals surface area contributed by atoms with Gasteiger partial charge in [0.05, 0.1) is 18.4 Å². The number of amides is 2. The van der Waals surface area contributed by atoms with E-state index in [1.807, 2.05) is 31.2 Å². The van der Waals surface area contributed by atoms with Gasteiger partial charge in [-0.15, -0.1) is 0 Å². The molecule has 0 saturated carbocycles. The molecule has 1 N–H and O–H groups in total. The van der Waals surface area contributed by atoms with Crippen molar-refractivity contribution < 1.29 is 18.7 Å². The van der Waals surface area contributed by atoms with E-state index in [4.69, 9.17) is 4.74 Å². The summed E-state index contributed by atoms with van der Waals surface area (Å²) in [6.07, 6.45) is 4.84. The van der Waals surface area contributed by atoms with Crippen molar-refractivity contribution in [2.45, 2.75) is 32.7 Å². The van der Waals surface area contributed by atoms with Gasteiger partial charge in [-0.3, -0.25) is 14.3 Å². The summed E-state index contributed by atoms with van der Waals surface area (Å²) >= 11 is 0. The second kappa shape index (κ2) is 11.8. The van der Waals surface area contributed by atoms with E-state index < -0.39 is 0 Å². The van der Waals surface area contributed by atoms with Crippen molar-refractivity contribution in [2.75, 3.05) is 25.5 Å². The Kier molecular flexibility index (Phi) is 8.57. The minimum Gasteiger partial charge on any atom is -0.492 e. The van der Waals surface area contributed by atoms with Gasteiger partial charge in [-0.1, -0.05) is 29.8 Å². The van der Waals surface area contributed by atoms with E-state index in [0.29, 0.717) is 38.1 Å². The summed E-state index contributed by atoms with van der Waals surface area (Å²) in [6.45, 7) is 2.93. The summed E-state index contributed by atoms with van der Waals surface area (Å²) in [5.74, 6) is 0.261. The molecule has 3 rings (SSSR count). The first kappa shape index (κ1) is 24.0. The Morgan fingerprint density at radius 3 is 2.58 bits per heavy atom. The molecule has 0 fully saturated rings. The predicted molar refractivity (Wildman–Crippen MR) is 125 cm³/mol. The third-order valence-corrected chi connectivity index (χ3v) is 5.14. The molecule has 0 unspecified atom stereocenters. The summed E-state index contributed by atoms with van der Waals surface area (Å²) < 4.78 is 20.1. The van der Waals surface area contributed by atoms with Gasteiger partial charge >= 0.3 is 0 Å². The Morgan fingerprint density at radius 2 is 1.85 bits per heavy atom. The number of aryl methyl sites for hydroxylation is 2. The van der Waals surface area contributed by atoms with Crippen LogP contribution in [0.5, 0.6) is 5.75 Å². The van der Waals surface area contributed by atoms with Crippen molar-refractivity contribution in [1.29, 1.82) is 0 Å². The fourth-order valence-electron chi connectivity index (χ4n) is 3.16. The molecule has 7 nitrogen and oxygen atoms in total. The average Bonchev–Trinajstić information content (AvgIpc) is 3.22. The standard InChI is InChI=1S/C25H29FN4O3/c1-19-6-12-23(13-7-19)33-15-14-29(2)25(32)18-30-17-22(16-27-30)28-24(31)5-3-4-20-8-10-21(26)11-9-20/h6-13,16-17H,3-5,14-15,18H2,1-2H3,(H,28,31). The molecule has 174 valence electrons. The van der Waals surface area contributed by atoms with E-state index in [2.05, 4.69) is 10.4 Å². The van der Waals surface area contributed by atoms with Crippen LogP contribution in [0.4, 0.5) is 10.1 Å². The minimum absolute atomic E-state index is 0.0709. The number of carbonyl (C=O) groups is 2. The molecular formula is C25H29FN4O3. The van der Waals surface area contributed by atoms with Gasteiger partial charge in [-0.2, -0.15) is 5.10 Å². The van der Waals surface area contributed by atoms with Gasteiger partial charge in [0, 0.05) is 19.7 Å². The van der Waals surface area contributed by atoms with Crippen LogP contribution in [-0.4, -0.2) is 46.7 Å². The number of aromatic nitrogens is 2. The van der Waals surface area contributed by atoms with Crippen molar-refractivity contribution in [3.05, 3.63) is 77.9 Å². The molecule has 0 spiro atoms. The number of halogens is 1. The van der Waals surface area contributed by atoms with Crippen molar-refractivity contribution >= 4 is 17.5 Å². The molecule has 0 aliphatic rings. The fraction of sp³-hybridized carbons (Fsp3) is 0.320. The zero-order valence-corrected chi connectivity index (χ0v) is 19.0. The van der Waals surface area contributed by atoms with E-state index >= 15 is 0 Å². The first-order chi connectivity index (χ1) is 15.9. The molecule has 1 heterocycles. The molecule has 0 bridgehead atoms. The smallest absolute Gasteiger partial charge is 0.244 e. The predicted octanol–water partition coefficient (Wildman–Crippen LogP) is 3.83. The van der Waals surface area contributed by atoms with Crippen LogP contribution >= 0.6 is 0 Å². The fourth-order valence-corrected chi connectivity index (χ4v) is 3.16. The number of anilines is 1. The highest BCUT2D eigenvalue weighted by Gasteiger charge is 2.12.